The minimum Gasteiger partial charge on any atom is -0.493 e. The van der Waals surface area contributed by atoms with Crippen LogP contribution in [0.1, 0.15) is 23.1 Å². The van der Waals surface area contributed by atoms with E-state index in [1.54, 1.807) is 14.2 Å². The van der Waals surface area contributed by atoms with Crippen LogP contribution in [0.15, 0.2) is 55.0 Å². The van der Waals surface area contributed by atoms with Crippen LogP contribution in [-0.2, 0) is 25.8 Å². The third-order valence-electron chi connectivity index (χ3n) is 6.88. The van der Waals surface area contributed by atoms with Crippen LogP contribution >= 0.6 is 0 Å². The molecule has 34 heavy (non-hydrogen) atoms. The van der Waals surface area contributed by atoms with Gasteiger partial charge < -0.3 is 18.9 Å². The Bertz CT molecular complexity index is 1390. The molecular weight excluding hydrogens is 428 g/mol. The molecule has 0 bridgehead atoms. The molecule has 0 unspecified atom stereocenters. The summed E-state index contributed by atoms with van der Waals surface area (Å²) in [5, 5.41) is 2.28. The Morgan fingerprint density at radius 3 is 2.56 bits per heavy atom. The van der Waals surface area contributed by atoms with Crippen LogP contribution < -0.4 is 23.5 Å². The number of ether oxygens (including phenoxy) is 4. The SMILES string of the molecule is COc1ccc2c(CCCc3ccncc3)c3[n+](cc2c1OC)CCc1cc2c(cc1-3)OCO2. The molecule has 0 N–H and O–H groups in total. The Labute approximate surface area is 198 Å². The Hall–Kier alpha value is -3.80. The summed E-state index contributed by atoms with van der Waals surface area (Å²) in [6, 6.07) is 12.7. The zero-order chi connectivity index (χ0) is 23.1. The van der Waals surface area contributed by atoms with Gasteiger partial charge in [0.25, 0.3) is 0 Å². The fourth-order valence-corrected chi connectivity index (χ4v) is 5.28. The lowest BCUT2D eigenvalue weighted by Gasteiger charge is -2.21. The van der Waals surface area contributed by atoms with Crippen LogP contribution in [0.4, 0.5) is 0 Å². The third-order valence-corrected chi connectivity index (χ3v) is 6.88. The maximum absolute atomic E-state index is 5.82. The quantitative estimate of drug-likeness (QED) is 0.396. The maximum atomic E-state index is 5.82. The van der Waals surface area contributed by atoms with Crippen LogP contribution in [0.3, 0.4) is 0 Å². The normalized spacial score (nSPS) is 13.5. The van der Waals surface area contributed by atoms with Gasteiger partial charge in [-0.05, 0) is 66.8 Å². The van der Waals surface area contributed by atoms with E-state index in [1.807, 2.05) is 18.5 Å². The Morgan fingerprint density at radius 2 is 1.76 bits per heavy atom. The zero-order valence-electron chi connectivity index (χ0n) is 19.5. The van der Waals surface area contributed by atoms with E-state index in [9.17, 15) is 0 Å². The van der Waals surface area contributed by atoms with Crippen molar-refractivity contribution in [1.82, 2.24) is 4.98 Å². The number of aromatic nitrogens is 2. The van der Waals surface area contributed by atoms with Gasteiger partial charge in [0.05, 0.1) is 25.2 Å². The summed E-state index contributed by atoms with van der Waals surface area (Å²) in [7, 11) is 3.39. The molecule has 6 nitrogen and oxygen atoms in total. The van der Waals surface area contributed by atoms with Crippen molar-refractivity contribution < 1.29 is 23.5 Å². The summed E-state index contributed by atoms with van der Waals surface area (Å²) < 4.78 is 25.2. The molecule has 4 aromatic rings. The molecule has 0 saturated heterocycles. The second-order valence-electron chi connectivity index (χ2n) is 8.73. The largest absolute Gasteiger partial charge is 0.493 e. The highest BCUT2D eigenvalue weighted by Crippen LogP contribution is 2.43. The minimum absolute atomic E-state index is 0.283. The van der Waals surface area contributed by atoms with Crippen LogP contribution in [0, 0.1) is 0 Å². The van der Waals surface area contributed by atoms with Crippen LogP contribution in [0.5, 0.6) is 23.0 Å². The molecule has 0 aliphatic carbocycles. The van der Waals surface area contributed by atoms with Gasteiger partial charge in [0.2, 0.25) is 12.5 Å². The first-order valence-electron chi connectivity index (χ1n) is 11.7. The molecule has 0 spiro atoms. The molecule has 2 aliphatic heterocycles. The van der Waals surface area contributed by atoms with Gasteiger partial charge in [0.15, 0.2) is 35.7 Å². The van der Waals surface area contributed by atoms with Gasteiger partial charge in [-0.1, -0.05) is 0 Å². The highest BCUT2D eigenvalue weighted by molar-refractivity contribution is 5.95. The molecule has 6 rings (SSSR count). The fourth-order valence-electron chi connectivity index (χ4n) is 5.28. The summed E-state index contributed by atoms with van der Waals surface area (Å²) in [5.74, 6) is 3.20. The smallest absolute Gasteiger partial charge is 0.231 e. The molecule has 0 atom stereocenters. The van der Waals surface area contributed by atoms with Crippen molar-refractivity contribution in [2.24, 2.45) is 0 Å². The van der Waals surface area contributed by atoms with Crippen molar-refractivity contribution in [3.63, 3.8) is 0 Å². The summed E-state index contributed by atoms with van der Waals surface area (Å²) >= 11 is 0. The van der Waals surface area contributed by atoms with Crippen molar-refractivity contribution >= 4 is 10.8 Å². The molecule has 0 amide bonds. The molecule has 2 aromatic heterocycles. The average molecular weight is 456 g/mol. The van der Waals surface area contributed by atoms with E-state index < -0.39 is 0 Å². The Kier molecular flexibility index (Phi) is 5.21. The van der Waals surface area contributed by atoms with E-state index in [0.29, 0.717) is 0 Å². The second-order valence-corrected chi connectivity index (χ2v) is 8.73. The zero-order valence-corrected chi connectivity index (χ0v) is 19.5. The van der Waals surface area contributed by atoms with Crippen LogP contribution in [0.2, 0.25) is 0 Å². The first kappa shape index (κ1) is 20.8. The highest BCUT2D eigenvalue weighted by Gasteiger charge is 2.32. The first-order valence-corrected chi connectivity index (χ1v) is 11.7. The van der Waals surface area contributed by atoms with Crippen LogP contribution in [0.25, 0.3) is 22.0 Å². The fraction of sp³-hybridized carbons (Fsp3) is 0.286. The molecule has 0 saturated carbocycles. The second kappa shape index (κ2) is 8.52. The standard InChI is InChI=1S/C28H27N2O4/c1-31-24-7-6-20-21(5-3-4-18-8-11-29-12-9-18)27-22-15-26-25(33-17-34-26)14-19(22)10-13-30(27)16-23(20)28(24)32-2/h6-9,11-12,14-16H,3-5,10,13,17H2,1-2H3/q+1. The van der Waals surface area contributed by atoms with Crippen molar-refractivity contribution in [3.05, 3.63) is 71.7 Å². The molecular formula is C28H27N2O4+. The molecule has 2 aromatic carbocycles. The summed E-state index contributed by atoms with van der Waals surface area (Å²) in [5.41, 5.74) is 6.42. The molecule has 0 radical (unpaired) electrons. The topological polar surface area (TPSA) is 53.7 Å². The summed E-state index contributed by atoms with van der Waals surface area (Å²) in [4.78, 5) is 4.15. The maximum Gasteiger partial charge on any atom is 0.231 e. The molecule has 2 aliphatic rings. The van der Waals surface area contributed by atoms with Gasteiger partial charge in [-0.25, -0.2) is 0 Å². The lowest BCUT2D eigenvalue weighted by molar-refractivity contribution is -0.686. The number of hydrogen-bond acceptors (Lipinski definition) is 5. The number of methoxy groups -OCH3 is 2. The van der Waals surface area contributed by atoms with Gasteiger partial charge >= 0.3 is 0 Å². The molecule has 6 heteroatoms. The van der Waals surface area contributed by atoms with E-state index in [4.69, 9.17) is 18.9 Å². The van der Waals surface area contributed by atoms with E-state index in [2.05, 4.69) is 46.1 Å². The van der Waals surface area contributed by atoms with E-state index in [-0.39, 0.29) is 6.79 Å². The number of hydrogen-bond donors (Lipinski definition) is 0. The van der Waals surface area contributed by atoms with Gasteiger partial charge in [-0.2, -0.15) is 4.57 Å². The number of benzene rings is 2. The predicted octanol–water partition coefficient (Wildman–Crippen LogP) is 4.67. The predicted molar refractivity (Wildman–Crippen MR) is 129 cm³/mol. The highest BCUT2D eigenvalue weighted by atomic mass is 16.7. The number of fused-ring (bicyclic) bond motifs is 5. The van der Waals surface area contributed by atoms with E-state index >= 15 is 0 Å². The lowest BCUT2D eigenvalue weighted by atomic mass is 9.89. The number of aryl methyl sites for hydroxylation is 4. The summed E-state index contributed by atoms with van der Waals surface area (Å²) in [6.07, 6.45) is 9.86. The first-order chi connectivity index (χ1) is 16.8. The molecule has 172 valence electrons. The van der Waals surface area contributed by atoms with Gasteiger partial charge in [-0.15, -0.1) is 0 Å². The lowest BCUT2D eigenvalue weighted by Crippen LogP contribution is -2.41. The number of rotatable bonds is 6. The number of nitrogens with zero attached hydrogens (tertiary/aromatic N) is 2. The van der Waals surface area contributed by atoms with Gasteiger partial charge in [0.1, 0.15) is 0 Å². The average Bonchev–Trinajstić information content (AvgIpc) is 3.34. The minimum atomic E-state index is 0.283. The van der Waals surface area contributed by atoms with Crippen LogP contribution in [-0.4, -0.2) is 26.0 Å². The van der Waals surface area contributed by atoms with Crippen molar-refractivity contribution in [2.45, 2.75) is 32.2 Å². The van der Waals surface area contributed by atoms with Gasteiger partial charge in [-0.3, -0.25) is 4.98 Å². The van der Waals surface area contributed by atoms with E-state index in [0.717, 1.165) is 60.6 Å². The monoisotopic (exact) mass is 455 g/mol. The number of pyridine rings is 2. The van der Waals surface area contributed by atoms with Crippen molar-refractivity contribution in [3.8, 4) is 34.3 Å². The van der Waals surface area contributed by atoms with Crippen molar-refractivity contribution in [1.29, 1.82) is 0 Å². The van der Waals surface area contributed by atoms with Crippen molar-refractivity contribution in [2.75, 3.05) is 21.0 Å². The summed E-state index contributed by atoms with van der Waals surface area (Å²) in [6.45, 7) is 1.18. The van der Waals surface area contributed by atoms with Gasteiger partial charge in [0, 0.05) is 29.8 Å². The molecule has 4 heterocycles. The van der Waals surface area contributed by atoms with E-state index in [1.165, 1.54) is 33.3 Å². The Balaban J connectivity index is 1.52. The molecule has 0 fully saturated rings. The Morgan fingerprint density at radius 1 is 0.941 bits per heavy atom. The third kappa shape index (κ3) is 3.41.